The number of carbonyl (C=O) groups is 1. The first-order chi connectivity index (χ1) is 15.6. The van der Waals surface area contributed by atoms with Gasteiger partial charge in [0.1, 0.15) is 5.54 Å². The van der Waals surface area contributed by atoms with Crippen LogP contribution in [0.4, 0.5) is 0 Å². The van der Waals surface area contributed by atoms with E-state index in [9.17, 15) is 4.79 Å². The maximum absolute atomic E-state index is 13.3. The van der Waals surface area contributed by atoms with E-state index in [0.29, 0.717) is 17.8 Å². The third-order valence-electron chi connectivity index (χ3n) is 7.90. The van der Waals surface area contributed by atoms with Crippen molar-refractivity contribution < 1.29 is 4.79 Å². The molecular formula is C25H40N6O. The van der Waals surface area contributed by atoms with Gasteiger partial charge in [0.2, 0.25) is 0 Å². The lowest BCUT2D eigenvalue weighted by Gasteiger charge is -2.34. The molecule has 2 aliphatic carbocycles. The van der Waals surface area contributed by atoms with Gasteiger partial charge >= 0.3 is 0 Å². The molecule has 0 spiro atoms. The third-order valence-corrected chi connectivity index (χ3v) is 7.90. The summed E-state index contributed by atoms with van der Waals surface area (Å²) in [5.41, 5.74) is 6.62. The molecule has 2 fully saturated rings. The molecule has 7 nitrogen and oxygen atoms in total. The van der Waals surface area contributed by atoms with Crippen LogP contribution >= 0.6 is 0 Å². The Morgan fingerprint density at radius 3 is 2.75 bits per heavy atom. The summed E-state index contributed by atoms with van der Waals surface area (Å²) in [6.45, 7) is 0.790. The summed E-state index contributed by atoms with van der Waals surface area (Å²) in [5.74, 6) is 2.26. The van der Waals surface area contributed by atoms with Gasteiger partial charge in [0, 0.05) is 38.1 Å². The van der Waals surface area contributed by atoms with Crippen LogP contribution in [0, 0.1) is 17.8 Å². The molecule has 1 unspecified atom stereocenters. The summed E-state index contributed by atoms with van der Waals surface area (Å²) in [7, 11) is 1.78. The summed E-state index contributed by atoms with van der Waals surface area (Å²) >= 11 is 0. The Kier molecular flexibility index (Phi) is 7.63. The Balaban J connectivity index is 1.35. The topological polar surface area (TPSA) is 99.7 Å². The quantitative estimate of drug-likeness (QED) is 0.565. The first-order valence-electron chi connectivity index (χ1n) is 12.7. The molecule has 1 aliphatic heterocycles. The monoisotopic (exact) mass is 440 g/mol. The second kappa shape index (κ2) is 10.6. The van der Waals surface area contributed by atoms with E-state index in [0.717, 1.165) is 50.3 Å². The van der Waals surface area contributed by atoms with Crippen LogP contribution in [0.15, 0.2) is 22.5 Å². The number of rotatable bonds is 9. The van der Waals surface area contributed by atoms with Crippen molar-refractivity contribution in [1.82, 2.24) is 14.9 Å². The molecule has 1 aromatic rings. The Labute approximate surface area is 192 Å². The van der Waals surface area contributed by atoms with Gasteiger partial charge in [0.25, 0.3) is 5.91 Å². The lowest BCUT2D eigenvalue weighted by molar-refractivity contribution is -0.131. The molecule has 0 aromatic carbocycles. The first-order valence-corrected chi connectivity index (χ1v) is 12.7. The number of nitrogens with two attached hydrogens (primary N) is 1. The number of carbonyl (C=O) groups excluding carboxylic acids is 1. The van der Waals surface area contributed by atoms with Gasteiger partial charge in [-0.1, -0.05) is 44.9 Å². The summed E-state index contributed by atoms with van der Waals surface area (Å²) in [6.07, 6.45) is 20.7. The van der Waals surface area contributed by atoms with Gasteiger partial charge in [0.05, 0.1) is 6.33 Å². The van der Waals surface area contributed by atoms with Crippen molar-refractivity contribution in [2.75, 3.05) is 13.6 Å². The number of H-pyrrole nitrogens is 1. The molecule has 32 heavy (non-hydrogen) atoms. The molecule has 3 atom stereocenters. The van der Waals surface area contributed by atoms with Gasteiger partial charge in [-0.05, 0) is 49.9 Å². The minimum atomic E-state index is -0.638. The molecule has 3 N–H and O–H groups in total. The van der Waals surface area contributed by atoms with E-state index in [2.05, 4.69) is 16.2 Å². The largest absolute Gasteiger partial charge is 0.369 e. The fourth-order valence-corrected chi connectivity index (χ4v) is 6.04. The second-order valence-electron chi connectivity index (χ2n) is 10.3. The van der Waals surface area contributed by atoms with Gasteiger partial charge in [-0.3, -0.25) is 14.7 Å². The number of aromatic nitrogens is 2. The fourth-order valence-electron chi connectivity index (χ4n) is 6.04. The molecule has 2 saturated carbocycles. The molecule has 2 heterocycles. The van der Waals surface area contributed by atoms with Crippen molar-refractivity contribution >= 4 is 18.1 Å². The number of hydrogen-bond acceptors (Lipinski definition) is 5. The number of aliphatic imine (C=N–C) groups is 2. The molecule has 3 aliphatic rings. The van der Waals surface area contributed by atoms with Crippen molar-refractivity contribution in [3.63, 3.8) is 0 Å². The van der Waals surface area contributed by atoms with Gasteiger partial charge in [-0.25, -0.2) is 9.98 Å². The highest BCUT2D eigenvalue weighted by molar-refractivity contribution is 6.06. The molecule has 1 aromatic heterocycles. The van der Waals surface area contributed by atoms with Crippen molar-refractivity contribution in [2.24, 2.45) is 33.5 Å². The molecule has 7 heteroatoms. The zero-order valence-corrected chi connectivity index (χ0v) is 19.6. The van der Waals surface area contributed by atoms with Crippen LogP contribution < -0.4 is 5.73 Å². The average molecular weight is 441 g/mol. The van der Waals surface area contributed by atoms with Crippen LogP contribution in [-0.2, 0) is 11.2 Å². The highest BCUT2D eigenvalue weighted by atomic mass is 16.2. The van der Waals surface area contributed by atoms with Gasteiger partial charge in [0.15, 0.2) is 5.96 Å². The number of amides is 1. The molecule has 0 saturated heterocycles. The van der Waals surface area contributed by atoms with Crippen molar-refractivity contribution in [3.8, 4) is 0 Å². The number of nitrogens with one attached hydrogen (secondary N) is 1. The number of aromatic amines is 1. The summed E-state index contributed by atoms with van der Waals surface area (Å²) in [5, 5.41) is 0. The van der Waals surface area contributed by atoms with E-state index in [-0.39, 0.29) is 5.91 Å². The van der Waals surface area contributed by atoms with Gasteiger partial charge in [-0.2, -0.15) is 0 Å². The Hall–Kier alpha value is -2.18. The van der Waals surface area contributed by atoms with E-state index >= 15 is 0 Å². The molecule has 0 bridgehead atoms. The minimum Gasteiger partial charge on any atom is -0.369 e. The molecule has 176 valence electrons. The standard InChI is InChI=1S/C25H40N6O/c1-31-23(32)25(30-24(31)26,12-10-19-6-3-2-4-7-19)15-20-8-5-9-21(14-20)16-27-13-11-22-17-28-18-29-22/h16-21H,2-15H2,1H3,(H2,26,30)(H,28,29)/t20-,21?,25+/m0/s1. The van der Waals surface area contributed by atoms with E-state index in [1.165, 1.54) is 51.4 Å². The Morgan fingerprint density at radius 1 is 1.22 bits per heavy atom. The number of guanidine groups is 1. The first kappa shape index (κ1) is 23.0. The molecule has 1 amide bonds. The fraction of sp³-hybridized carbons (Fsp3) is 0.760. The highest BCUT2D eigenvalue weighted by Crippen LogP contribution is 2.41. The van der Waals surface area contributed by atoms with Crippen LogP contribution in [0.5, 0.6) is 0 Å². The zero-order chi connectivity index (χ0) is 22.4. The molecular weight excluding hydrogens is 400 g/mol. The Bertz CT molecular complexity index is 797. The van der Waals surface area contributed by atoms with Crippen LogP contribution in [0.2, 0.25) is 0 Å². The van der Waals surface area contributed by atoms with Gasteiger partial charge < -0.3 is 10.7 Å². The number of imidazole rings is 1. The van der Waals surface area contributed by atoms with Crippen molar-refractivity contribution in [3.05, 3.63) is 18.2 Å². The maximum atomic E-state index is 13.3. The maximum Gasteiger partial charge on any atom is 0.257 e. The summed E-state index contributed by atoms with van der Waals surface area (Å²) < 4.78 is 0. The lowest BCUT2D eigenvalue weighted by Crippen LogP contribution is -2.44. The SMILES string of the molecule is CN1C(=O)[C@@](CCC2CCCCC2)(C[C@H]2CCCC(C=NCCc3cnc[nH]3)C2)N=C1N. The lowest BCUT2D eigenvalue weighted by atomic mass is 9.73. The van der Waals surface area contributed by atoms with Crippen LogP contribution in [0.3, 0.4) is 0 Å². The highest BCUT2D eigenvalue weighted by Gasteiger charge is 2.47. The van der Waals surface area contributed by atoms with Gasteiger partial charge in [-0.15, -0.1) is 0 Å². The molecule has 4 rings (SSSR count). The average Bonchev–Trinajstić information content (AvgIpc) is 3.40. The summed E-state index contributed by atoms with van der Waals surface area (Å²) in [4.78, 5) is 31.6. The number of hydrogen-bond donors (Lipinski definition) is 2. The van der Waals surface area contributed by atoms with E-state index < -0.39 is 5.54 Å². The smallest absolute Gasteiger partial charge is 0.257 e. The minimum absolute atomic E-state index is 0.112. The predicted octanol–water partition coefficient (Wildman–Crippen LogP) is 4.11. The normalized spacial score (nSPS) is 29.7. The second-order valence-corrected chi connectivity index (χ2v) is 10.3. The summed E-state index contributed by atoms with van der Waals surface area (Å²) in [6, 6.07) is 0. The number of likely N-dealkylation sites (N-methyl/N-ethyl adjacent to an activating group) is 1. The van der Waals surface area contributed by atoms with Crippen LogP contribution in [-0.4, -0.2) is 52.1 Å². The Morgan fingerprint density at radius 2 is 2.03 bits per heavy atom. The molecule has 0 radical (unpaired) electrons. The van der Waals surface area contributed by atoms with Crippen LogP contribution in [0.25, 0.3) is 0 Å². The van der Waals surface area contributed by atoms with Crippen LogP contribution in [0.1, 0.15) is 82.7 Å². The third kappa shape index (κ3) is 5.59. The van der Waals surface area contributed by atoms with Crippen molar-refractivity contribution in [2.45, 2.75) is 89.0 Å². The number of nitrogens with zero attached hydrogens (tertiary/aromatic N) is 4. The van der Waals surface area contributed by atoms with E-state index in [4.69, 9.17) is 15.7 Å². The van der Waals surface area contributed by atoms with Crippen molar-refractivity contribution in [1.29, 1.82) is 0 Å². The predicted molar refractivity (Wildman–Crippen MR) is 129 cm³/mol. The van der Waals surface area contributed by atoms with E-state index in [1.54, 1.807) is 18.3 Å². The zero-order valence-electron chi connectivity index (χ0n) is 19.6. The van der Waals surface area contributed by atoms with E-state index in [1.807, 2.05) is 6.20 Å².